The van der Waals surface area contributed by atoms with Crippen molar-refractivity contribution in [1.82, 2.24) is 24.9 Å². The molecule has 2 N–H and O–H groups in total. The third kappa shape index (κ3) is 3.97. The van der Waals surface area contributed by atoms with Crippen molar-refractivity contribution in [3.05, 3.63) is 66.1 Å². The molecule has 0 atom stereocenters. The van der Waals surface area contributed by atoms with E-state index in [4.69, 9.17) is 9.63 Å². The maximum absolute atomic E-state index is 14.1. The Labute approximate surface area is 163 Å². The maximum atomic E-state index is 14.1. The Morgan fingerprint density at radius 1 is 1.10 bits per heavy atom. The number of benzene rings is 1. The van der Waals surface area contributed by atoms with Gasteiger partial charge in [-0.2, -0.15) is 5.10 Å². The Morgan fingerprint density at radius 3 is 2.72 bits per heavy atom. The standard InChI is InChI=1S/C19H16F2N6O2/c20-13-4-2-1-3-12(13)11-27-17(15-5-8-29-26-15)9-16(25-27)19-23-10-14(21)18(24-19)22-6-7-28/h1-5,8-10,28H,6-7,11H2,(H,22,23,24). The summed E-state index contributed by atoms with van der Waals surface area (Å²) in [7, 11) is 0. The number of hydrogen-bond donors (Lipinski definition) is 2. The molecular weight excluding hydrogens is 382 g/mol. The van der Waals surface area contributed by atoms with Crippen LogP contribution in [-0.2, 0) is 6.54 Å². The second-order valence-electron chi connectivity index (χ2n) is 6.09. The molecule has 0 unspecified atom stereocenters. The lowest BCUT2D eigenvalue weighted by Gasteiger charge is -2.07. The highest BCUT2D eigenvalue weighted by Crippen LogP contribution is 2.25. The second kappa shape index (κ2) is 8.15. The van der Waals surface area contributed by atoms with Crippen LogP contribution in [0.25, 0.3) is 22.9 Å². The zero-order chi connectivity index (χ0) is 20.2. The minimum absolute atomic E-state index is 0.0457. The molecule has 0 radical (unpaired) electrons. The van der Waals surface area contributed by atoms with E-state index in [0.29, 0.717) is 22.6 Å². The number of rotatable bonds is 7. The largest absolute Gasteiger partial charge is 0.395 e. The first-order valence-corrected chi connectivity index (χ1v) is 8.75. The van der Waals surface area contributed by atoms with E-state index in [1.54, 1.807) is 35.0 Å². The second-order valence-corrected chi connectivity index (χ2v) is 6.09. The van der Waals surface area contributed by atoms with Gasteiger partial charge in [-0.05, 0) is 12.1 Å². The Hall–Kier alpha value is -3.66. The molecule has 1 aromatic carbocycles. The summed E-state index contributed by atoms with van der Waals surface area (Å²) in [6, 6.07) is 9.70. The minimum Gasteiger partial charge on any atom is -0.395 e. The summed E-state index contributed by atoms with van der Waals surface area (Å²) >= 11 is 0. The van der Waals surface area contributed by atoms with Crippen LogP contribution >= 0.6 is 0 Å². The van der Waals surface area contributed by atoms with Crippen LogP contribution in [-0.4, -0.2) is 43.2 Å². The molecule has 0 aliphatic heterocycles. The lowest BCUT2D eigenvalue weighted by atomic mass is 10.2. The molecule has 0 amide bonds. The summed E-state index contributed by atoms with van der Waals surface area (Å²) in [5, 5.41) is 20.0. The van der Waals surface area contributed by atoms with Crippen LogP contribution in [0.5, 0.6) is 0 Å². The van der Waals surface area contributed by atoms with Crippen LogP contribution in [0.4, 0.5) is 14.6 Å². The summed E-state index contributed by atoms with van der Waals surface area (Å²) in [4.78, 5) is 8.13. The molecule has 3 heterocycles. The van der Waals surface area contributed by atoms with Gasteiger partial charge >= 0.3 is 0 Å². The fourth-order valence-electron chi connectivity index (χ4n) is 2.77. The normalized spacial score (nSPS) is 11.0. The number of aliphatic hydroxyl groups excluding tert-OH is 1. The average Bonchev–Trinajstić information content (AvgIpc) is 3.39. The zero-order valence-corrected chi connectivity index (χ0v) is 15.1. The molecule has 0 aliphatic carbocycles. The lowest BCUT2D eigenvalue weighted by molar-refractivity contribution is 0.310. The highest BCUT2D eigenvalue weighted by molar-refractivity contribution is 5.63. The van der Waals surface area contributed by atoms with E-state index < -0.39 is 5.82 Å². The molecule has 0 saturated carbocycles. The van der Waals surface area contributed by atoms with Gasteiger partial charge in [0.15, 0.2) is 17.5 Å². The zero-order valence-electron chi connectivity index (χ0n) is 15.1. The summed E-state index contributed by atoms with van der Waals surface area (Å²) in [5.41, 5.74) is 1.86. The molecule has 0 fully saturated rings. The molecule has 3 aromatic heterocycles. The van der Waals surface area contributed by atoms with Crippen molar-refractivity contribution in [2.24, 2.45) is 0 Å². The van der Waals surface area contributed by atoms with Crippen LogP contribution in [0, 0.1) is 11.6 Å². The fraction of sp³-hybridized carbons (Fsp3) is 0.158. The molecule has 148 valence electrons. The number of aliphatic hydroxyl groups is 1. The molecule has 0 saturated heterocycles. The van der Waals surface area contributed by atoms with Gasteiger partial charge < -0.3 is 14.9 Å². The quantitative estimate of drug-likeness (QED) is 0.493. The van der Waals surface area contributed by atoms with E-state index in [0.717, 1.165) is 6.20 Å². The number of nitrogens with one attached hydrogen (secondary N) is 1. The van der Waals surface area contributed by atoms with Gasteiger partial charge in [-0.1, -0.05) is 23.4 Å². The number of aromatic nitrogens is 5. The molecule has 10 heteroatoms. The van der Waals surface area contributed by atoms with Crippen LogP contribution in [0.1, 0.15) is 5.56 Å². The summed E-state index contributed by atoms with van der Waals surface area (Å²) < 4.78 is 34.5. The van der Waals surface area contributed by atoms with Crippen LogP contribution < -0.4 is 5.32 Å². The van der Waals surface area contributed by atoms with Crippen LogP contribution in [0.2, 0.25) is 0 Å². The van der Waals surface area contributed by atoms with Gasteiger partial charge in [-0.3, -0.25) is 4.68 Å². The number of halogens is 2. The maximum Gasteiger partial charge on any atom is 0.183 e. The molecule has 4 aromatic rings. The Morgan fingerprint density at radius 2 is 1.97 bits per heavy atom. The first-order valence-electron chi connectivity index (χ1n) is 8.75. The topological polar surface area (TPSA) is 102 Å². The van der Waals surface area contributed by atoms with E-state index in [1.165, 1.54) is 12.3 Å². The summed E-state index contributed by atoms with van der Waals surface area (Å²) in [6.07, 6.45) is 2.44. The molecular formula is C19H16F2N6O2. The van der Waals surface area contributed by atoms with E-state index in [2.05, 4.69) is 25.5 Å². The van der Waals surface area contributed by atoms with Gasteiger partial charge in [0.25, 0.3) is 0 Å². The van der Waals surface area contributed by atoms with Gasteiger partial charge in [-0.15, -0.1) is 0 Å². The van der Waals surface area contributed by atoms with E-state index in [9.17, 15) is 8.78 Å². The highest BCUT2D eigenvalue weighted by atomic mass is 19.1. The van der Waals surface area contributed by atoms with Crippen molar-refractivity contribution in [3.63, 3.8) is 0 Å². The van der Waals surface area contributed by atoms with Crippen molar-refractivity contribution < 1.29 is 18.4 Å². The van der Waals surface area contributed by atoms with E-state index in [1.807, 2.05) is 0 Å². The number of anilines is 1. The smallest absolute Gasteiger partial charge is 0.183 e. The third-order valence-corrected chi connectivity index (χ3v) is 4.14. The Balaban J connectivity index is 1.75. The predicted molar refractivity (Wildman–Crippen MR) is 99.8 cm³/mol. The number of nitrogens with zero attached hydrogens (tertiary/aromatic N) is 5. The van der Waals surface area contributed by atoms with Gasteiger partial charge in [-0.25, -0.2) is 18.7 Å². The van der Waals surface area contributed by atoms with Crippen LogP contribution in [0.15, 0.2) is 53.4 Å². The van der Waals surface area contributed by atoms with Crippen molar-refractivity contribution in [2.45, 2.75) is 6.54 Å². The van der Waals surface area contributed by atoms with Gasteiger partial charge in [0, 0.05) is 18.2 Å². The van der Waals surface area contributed by atoms with Crippen LogP contribution in [0.3, 0.4) is 0 Å². The molecule has 0 spiro atoms. The first-order chi connectivity index (χ1) is 14.2. The van der Waals surface area contributed by atoms with Gasteiger partial charge in [0.2, 0.25) is 0 Å². The first kappa shape index (κ1) is 18.7. The lowest BCUT2D eigenvalue weighted by Crippen LogP contribution is -2.10. The summed E-state index contributed by atoms with van der Waals surface area (Å²) in [6.45, 7) is 0.108. The third-order valence-electron chi connectivity index (χ3n) is 4.14. The molecule has 0 bridgehead atoms. The molecule has 4 rings (SSSR count). The number of hydrogen-bond acceptors (Lipinski definition) is 7. The fourth-order valence-corrected chi connectivity index (χ4v) is 2.77. The van der Waals surface area contributed by atoms with Crippen molar-refractivity contribution in [3.8, 4) is 22.9 Å². The van der Waals surface area contributed by atoms with E-state index in [-0.39, 0.29) is 37.2 Å². The SMILES string of the molecule is OCCNc1nc(-c2cc(-c3ccon3)n(Cc3ccccc3F)n2)ncc1F. The Bertz CT molecular complexity index is 1110. The van der Waals surface area contributed by atoms with E-state index >= 15 is 0 Å². The minimum atomic E-state index is -0.648. The highest BCUT2D eigenvalue weighted by Gasteiger charge is 2.18. The molecule has 0 aliphatic rings. The molecule has 29 heavy (non-hydrogen) atoms. The van der Waals surface area contributed by atoms with Crippen molar-refractivity contribution in [1.29, 1.82) is 0 Å². The predicted octanol–water partition coefficient (Wildman–Crippen LogP) is 2.73. The van der Waals surface area contributed by atoms with Crippen molar-refractivity contribution in [2.75, 3.05) is 18.5 Å². The van der Waals surface area contributed by atoms with Gasteiger partial charge in [0.05, 0.1) is 25.0 Å². The summed E-state index contributed by atoms with van der Waals surface area (Å²) in [5.74, 6) is -0.881. The van der Waals surface area contributed by atoms with Crippen molar-refractivity contribution >= 4 is 5.82 Å². The molecule has 8 nitrogen and oxygen atoms in total. The van der Waals surface area contributed by atoms with Gasteiger partial charge in [0.1, 0.15) is 23.5 Å². The Kier molecular flexibility index (Phi) is 5.25. The monoisotopic (exact) mass is 398 g/mol. The average molecular weight is 398 g/mol.